The molecule has 2 aliphatic carbocycles. The van der Waals surface area contributed by atoms with E-state index in [1.165, 1.54) is 31.3 Å². The Hall–Kier alpha value is -0.300. The molecule has 0 aromatic rings. The summed E-state index contributed by atoms with van der Waals surface area (Å²) in [5.74, 6) is 0.454. The van der Waals surface area contributed by atoms with Crippen molar-refractivity contribution < 1.29 is 5.11 Å². The van der Waals surface area contributed by atoms with Gasteiger partial charge in [0.2, 0.25) is 0 Å². The lowest BCUT2D eigenvalue weighted by atomic mass is 9.62. The number of hydrogen-bond donors (Lipinski definition) is 1. The largest absolute Gasteiger partial charge is 0.392 e. The second-order valence-corrected chi connectivity index (χ2v) is 5.24. The van der Waals surface area contributed by atoms with E-state index in [1.807, 2.05) is 0 Å². The fraction of sp³-hybridized carbons (Fsp3) is 0.833. The van der Waals surface area contributed by atoms with Gasteiger partial charge in [-0.15, -0.1) is 0 Å². The highest BCUT2D eigenvalue weighted by atomic mass is 16.3. The Labute approximate surface area is 80.8 Å². The molecule has 0 aromatic carbocycles. The third-order valence-electron chi connectivity index (χ3n) is 3.79. The molecule has 0 heterocycles. The van der Waals surface area contributed by atoms with Gasteiger partial charge in [-0.1, -0.05) is 25.5 Å². The van der Waals surface area contributed by atoms with Gasteiger partial charge in [-0.05, 0) is 37.5 Å². The Morgan fingerprint density at radius 3 is 2.92 bits per heavy atom. The molecule has 0 saturated heterocycles. The van der Waals surface area contributed by atoms with Crippen LogP contribution in [-0.4, -0.2) is 11.2 Å². The molecule has 2 aliphatic rings. The molecule has 0 aromatic heterocycles. The van der Waals surface area contributed by atoms with Crippen LogP contribution in [0.1, 0.15) is 46.0 Å². The molecule has 2 rings (SSSR count). The lowest BCUT2D eigenvalue weighted by molar-refractivity contribution is 0.0247. The van der Waals surface area contributed by atoms with Gasteiger partial charge in [-0.2, -0.15) is 0 Å². The zero-order valence-electron chi connectivity index (χ0n) is 8.71. The van der Waals surface area contributed by atoms with Crippen LogP contribution in [0.3, 0.4) is 0 Å². The predicted octanol–water partition coefficient (Wildman–Crippen LogP) is 2.89. The molecule has 2 atom stereocenters. The summed E-state index contributed by atoms with van der Waals surface area (Å²) in [5.41, 5.74) is 1.86. The van der Waals surface area contributed by atoms with Gasteiger partial charge in [0.05, 0.1) is 6.10 Å². The SMILES string of the molecule is CC1(C)CCC=C2CCCC(O)C21. The molecular formula is C12H20O. The van der Waals surface area contributed by atoms with Crippen LogP contribution in [0.15, 0.2) is 11.6 Å². The van der Waals surface area contributed by atoms with Gasteiger partial charge in [0.25, 0.3) is 0 Å². The van der Waals surface area contributed by atoms with Crippen LogP contribution in [0.25, 0.3) is 0 Å². The maximum Gasteiger partial charge on any atom is 0.0610 e. The van der Waals surface area contributed by atoms with E-state index in [-0.39, 0.29) is 6.10 Å². The van der Waals surface area contributed by atoms with Crippen molar-refractivity contribution in [3.05, 3.63) is 11.6 Å². The van der Waals surface area contributed by atoms with Crippen LogP contribution in [-0.2, 0) is 0 Å². The topological polar surface area (TPSA) is 20.2 Å². The summed E-state index contributed by atoms with van der Waals surface area (Å²) in [6, 6.07) is 0. The average molecular weight is 180 g/mol. The van der Waals surface area contributed by atoms with Crippen molar-refractivity contribution >= 4 is 0 Å². The second-order valence-electron chi connectivity index (χ2n) is 5.24. The van der Waals surface area contributed by atoms with Crippen molar-refractivity contribution in [1.29, 1.82) is 0 Å². The summed E-state index contributed by atoms with van der Waals surface area (Å²) in [6.45, 7) is 4.61. The molecule has 74 valence electrons. The van der Waals surface area contributed by atoms with E-state index in [2.05, 4.69) is 19.9 Å². The molecule has 1 heteroatoms. The van der Waals surface area contributed by atoms with Gasteiger partial charge in [0.15, 0.2) is 0 Å². The van der Waals surface area contributed by atoms with Crippen LogP contribution in [0, 0.1) is 11.3 Å². The second kappa shape index (κ2) is 3.13. The number of fused-ring (bicyclic) bond motifs is 1. The van der Waals surface area contributed by atoms with Gasteiger partial charge < -0.3 is 5.11 Å². The molecule has 0 spiro atoms. The molecular weight excluding hydrogens is 160 g/mol. The van der Waals surface area contributed by atoms with Gasteiger partial charge in [-0.25, -0.2) is 0 Å². The highest BCUT2D eigenvalue weighted by Crippen LogP contribution is 2.47. The summed E-state index contributed by atoms with van der Waals surface area (Å²) in [5, 5.41) is 10.00. The summed E-state index contributed by atoms with van der Waals surface area (Å²) >= 11 is 0. The number of aliphatic hydroxyl groups is 1. The number of rotatable bonds is 0. The Balaban J connectivity index is 2.28. The average Bonchev–Trinajstić information content (AvgIpc) is 2.02. The summed E-state index contributed by atoms with van der Waals surface area (Å²) < 4.78 is 0. The normalized spacial score (nSPS) is 37.9. The third-order valence-corrected chi connectivity index (χ3v) is 3.79. The molecule has 0 amide bonds. The van der Waals surface area contributed by atoms with Crippen molar-refractivity contribution in [3.63, 3.8) is 0 Å². The van der Waals surface area contributed by atoms with Crippen LogP contribution in [0.5, 0.6) is 0 Å². The summed E-state index contributed by atoms with van der Waals surface area (Å²) in [4.78, 5) is 0. The van der Waals surface area contributed by atoms with E-state index in [4.69, 9.17) is 0 Å². The molecule has 13 heavy (non-hydrogen) atoms. The lowest BCUT2D eigenvalue weighted by Crippen LogP contribution is -2.39. The number of hydrogen-bond acceptors (Lipinski definition) is 1. The molecule has 1 fully saturated rings. The molecule has 0 radical (unpaired) electrons. The maximum atomic E-state index is 10.00. The molecule has 0 bridgehead atoms. The quantitative estimate of drug-likeness (QED) is 0.568. The van der Waals surface area contributed by atoms with Crippen LogP contribution >= 0.6 is 0 Å². The number of aliphatic hydroxyl groups excluding tert-OH is 1. The van der Waals surface area contributed by atoms with Gasteiger partial charge >= 0.3 is 0 Å². The van der Waals surface area contributed by atoms with Crippen LogP contribution in [0.4, 0.5) is 0 Å². The Kier molecular flexibility index (Phi) is 2.23. The van der Waals surface area contributed by atoms with Gasteiger partial charge in [0.1, 0.15) is 0 Å². The molecule has 0 aliphatic heterocycles. The fourth-order valence-electron chi connectivity index (χ4n) is 3.12. The first-order chi connectivity index (χ1) is 6.11. The molecule has 1 nitrogen and oxygen atoms in total. The first-order valence-corrected chi connectivity index (χ1v) is 5.48. The fourth-order valence-corrected chi connectivity index (χ4v) is 3.12. The highest BCUT2D eigenvalue weighted by molar-refractivity contribution is 5.18. The van der Waals surface area contributed by atoms with E-state index in [9.17, 15) is 5.11 Å². The zero-order chi connectivity index (χ0) is 9.47. The molecule has 1 saturated carbocycles. The van der Waals surface area contributed by atoms with E-state index in [0.29, 0.717) is 11.3 Å². The van der Waals surface area contributed by atoms with Gasteiger partial charge in [-0.3, -0.25) is 0 Å². The Morgan fingerprint density at radius 1 is 1.46 bits per heavy atom. The first-order valence-electron chi connectivity index (χ1n) is 5.48. The van der Waals surface area contributed by atoms with E-state index >= 15 is 0 Å². The summed E-state index contributed by atoms with van der Waals surface area (Å²) in [6.07, 6.45) is 8.16. The molecule has 1 N–H and O–H groups in total. The maximum absolute atomic E-state index is 10.00. The summed E-state index contributed by atoms with van der Waals surface area (Å²) in [7, 11) is 0. The van der Waals surface area contributed by atoms with E-state index < -0.39 is 0 Å². The minimum Gasteiger partial charge on any atom is -0.392 e. The Morgan fingerprint density at radius 2 is 2.23 bits per heavy atom. The van der Waals surface area contributed by atoms with E-state index in [0.717, 1.165) is 6.42 Å². The first kappa shape index (κ1) is 9.26. The smallest absolute Gasteiger partial charge is 0.0610 e. The van der Waals surface area contributed by atoms with E-state index in [1.54, 1.807) is 0 Å². The zero-order valence-corrected chi connectivity index (χ0v) is 8.71. The third kappa shape index (κ3) is 1.54. The Bertz CT molecular complexity index is 227. The van der Waals surface area contributed by atoms with Crippen LogP contribution < -0.4 is 0 Å². The number of allylic oxidation sites excluding steroid dienone is 1. The standard InChI is InChI=1S/C12H20O/c1-12(2)8-4-6-9-5-3-7-10(13)11(9)12/h6,10-11,13H,3-5,7-8H2,1-2H3. The molecule has 2 unspecified atom stereocenters. The van der Waals surface area contributed by atoms with Gasteiger partial charge in [0, 0.05) is 5.92 Å². The van der Waals surface area contributed by atoms with Crippen molar-refractivity contribution in [2.45, 2.75) is 52.1 Å². The van der Waals surface area contributed by atoms with Crippen LogP contribution in [0.2, 0.25) is 0 Å². The predicted molar refractivity (Wildman–Crippen MR) is 54.4 cm³/mol. The van der Waals surface area contributed by atoms with Crippen molar-refractivity contribution in [3.8, 4) is 0 Å². The monoisotopic (exact) mass is 180 g/mol. The van der Waals surface area contributed by atoms with Crippen molar-refractivity contribution in [2.75, 3.05) is 0 Å². The lowest BCUT2D eigenvalue weighted by Gasteiger charge is -2.44. The minimum absolute atomic E-state index is 0.0738. The van der Waals surface area contributed by atoms with Crippen molar-refractivity contribution in [2.24, 2.45) is 11.3 Å². The highest BCUT2D eigenvalue weighted by Gasteiger charge is 2.40. The minimum atomic E-state index is -0.0738. The van der Waals surface area contributed by atoms with Crippen molar-refractivity contribution in [1.82, 2.24) is 0 Å².